The first-order valence-electron chi connectivity index (χ1n) is 7.05. The van der Waals surface area contributed by atoms with Gasteiger partial charge in [-0.05, 0) is 42.2 Å². The van der Waals surface area contributed by atoms with E-state index in [4.69, 9.17) is 0 Å². The van der Waals surface area contributed by atoms with E-state index < -0.39 is 15.4 Å². The van der Waals surface area contributed by atoms with Crippen molar-refractivity contribution < 1.29 is 13.2 Å². The number of sulfone groups is 1. The molecule has 7 heteroatoms. The molecule has 0 aromatic carbocycles. The largest absolute Gasteiger partial charge is 0.321 e. The van der Waals surface area contributed by atoms with Gasteiger partial charge in [0.25, 0.3) is 0 Å². The minimum Gasteiger partial charge on any atom is -0.321 e. The van der Waals surface area contributed by atoms with E-state index in [1.165, 1.54) is 6.26 Å². The third kappa shape index (κ3) is 3.64. The molecule has 2 heterocycles. The predicted molar refractivity (Wildman–Crippen MR) is 84.9 cm³/mol. The Morgan fingerprint density at radius 2 is 2.19 bits per heavy atom. The van der Waals surface area contributed by atoms with Gasteiger partial charge in [0.15, 0.2) is 0 Å². The van der Waals surface area contributed by atoms with Crippen molar-refractivity contribution in [2.75, 3.05) is 18.6 Å². The fourth-order valence-electron chi connectivity index (χ4n) is 2.55. The summed E-state index contributed by atoms with van der Waals surface area (Å²) in [4.78, 5) is 14.4. The summed E-state index contributed by atoms with van der Waals surface area (Å²) in [7, 11) is -3.00. The van der Waals surface area contributed by atoms with E-state index in [0.717, 1.165) is 5.56 Å². The molecule has 1 aromatic rings. The van der Waals surface area contributed by atoms with Gasteiger partial charge in [0, 0.05) is 12.8 Å². The van der Waals surface area contributed by atoms with E-state index >= 15 is 0 Å². The van der Waals surface area contributed by atoms with E-state index in [9.17, 15) is 13.2 Å². The molecular weight excluding hydrogens is 308 g/mol. The first kappa shape index (κ1) is 16.5. The number of rotatable bonds is 6. The zero-order chi connectivity index (χ0) is 15.7. The molecule has 0 bridgehead atoms. The Bertz CT molecular complexity index is 598. The summed E-state index contributed by atoms with van der Waals surface area (Å²) < 4.78 is 22.5. The SMILES string of the molecule is CCC1(C)NC(c2ccsc2)N(CCCS(C)(=O)=O)C1=O. The molecule has 5 nitrogen and oxygen atoms in total. The minimum absolute atomic E-state index is 0.0506. The van der Waals surface area contributed by atoms with Crippen molar-refractivity contribution in [3.63, 3.8) is 0 Å². The van der Waals surface area contributed by atoms with Gasteiger partial charge in [-0.1, -0.05) is 6.92 Å². The summed E-state index contributed by atoms with van der Waals surface area (Å²) in [5, 5.41) is 7.41. The van der Waals surface area contributed by atoms with Gasteiger partial charge in [-0.25, -0.2) is 8.42 Å². The smallest absolute Gasteiger partial charge is 0.244 e. The zero-order valence-corrected chi connectivity index (χ0v) is 14.3. The van der Waals surface area contributed by atoms with Gasteiger partial charge in [0.05, 0.1) is 11.3 Å². The molecule has 2 rings (SSSR count). The van der Waals surface area contributed by atoms with Crippen LogP contribution in [0.4, 0.5) is 0 Å². The summed E-state index contributed by atoms with van der Waals surface area (Å²) in [6.07, 6.45) is 2.24. The molecule has 1 saturated heterocycles. The van der Waals surface area contributed by atoms with Crippen LogP contribution in [0.25, 0.3) is 0 Å². The maximum Gasteiger partial charge on any atom is 0.244 e. The van der Waals surface area contributed by atoms with Crippen LogP contribution >= 0.6 is 11.3 Å². The standard InChI is InChI=1S/C14H22N2O3S2/c1-4-14(2)13(17)16(7-5-9-21(3,18)19)12(15-14)11-6-8-20-10-11/h6,8,10,12,15H,4-5,7,9H2,1-3H3. The van der Waals surface area contributed by atoms with Gasteiger partial charge >= 0.3 is 0 Å². The fraction of sp³-hybridized carbons (Fsp3) is 0.643. The monoisotopic (exact) mass is 330 g/mol. The number of carbonyl (C=O) groups excluding carboxylic acids is 1. The molecule has 1 aromatic heterocycles. The summed E-state index contributed by atoms with van der Waals surface area (Å²) in [6, 6.07) is 2.00. The summed E-state index contributed by atoms with van der Waals surface area (Å²) in [5.74, 6) is 0.158. The van der Waals surface area contributed by atoms with Gasteiger partial charge in [0.2, 0.25) is 5.91 Å². The van der Waals surface area contributed by atoms with Crippen LogP contribution in [0.2, 0.25) is 0 Å². The van der Waals surface area contributed by atoms with Crippen molar-refractivity contribution in [1.82, 2.24) is 10.2 Å². The highest BCUT2D eigenvalue weighted by molar-refractivity contribution is 7.90. The average molecular weight is 330 g/mol. The Kier molecular flexibility index (Phi) is 4.75. The third-order valence-electron chi connectivity index (χ3n) is 3.98. The maximum absolute atomic E-state index is 12.6. The van der Waals surface area contributed by atoms with Crippen molar-refractivity contribution in [1.29, 1.82) is 0 Å². The summed E-state index contributed by atoms with van der Waals surface area (Å²) in [6.45, 7) is 4.34. The quantitative estimate of drug-likeness (QED) is 0.863. The highest BCUT2D eigenvalue weighted by atomic mass is 32.2. The molecule has 1 amide bonds. The second-order valence-electron chi connectivity index (χ2n) is 5.77. The molecule has 2 atom stereocenters. The van der Waals surface area contributed by atoms with E-state index in [-0.39, 0.29) is 17.8 Å². The normalized spacial score (nSPS) is 26.5. The topological polar surface area (TPSA) is 66.5 Å². The van der Waals surface area contributed by atoms with Crippen molar-refractivity contribution in [3.05, 3.63) is 22.4 Å². The van der Waals surface area contributed by atoms with Gasteiger partial charge in [-0.3, -0.25) is 10.1 Å². The van der Waals surface area contributed by atoms with Crippen LogP contribution in [-0.4, -0.2) is 43.3 Å². The highest BCUT2D eigenvalue weighted by Crippen LogP contribution is 2.33. The lowest BCUT2D eigenvalue weighted by Crippen LogP contribution is -2.43. The first-order valence-corrected chi connectivity index (χ1v) is 10.1. The van der Waals surface area contributed by atoms with Gasteiger partial charge in [-0.15, -0.1) is 0 Å². The Morgan fingerprint density at radius 3 is 2.71 bits per heavy atom. The minimum atomic E-state index is -3.00. The number of hydrogen-bond acceptors (Lipinski definition) is 5. The molecule has 0 radical (unpaired) electrons. The fourth-order valence-corrected chi connectivity index (χ4v) is 3.88. The molecule has 1 N–H and O–H groups in total. The van der Waals surface area contributed by atoms with Crippen LogP contribution in [-0.2, 0) is 14.6 Å². The highest BCUT2D eigenvalue weighted by Gasteiger charge is 2.46. The van der Waals surface area contributed by atoms with E-state index in [0.29, 0.717) is 19.4 Å². The molecule has 0 saturated carbocycles. The van der Waals surface area contributed by atoms with Crippen LogP contribution in [0.15, 0.2) is 16.8 Å². The molecule has 118 valence electrons. The molecule has 21 heavy (non-hydrogen) atoms. The number of nitrogens with one attached hydrogen (secondary N) is 1. The average Bonchev–Trinajstić information content (AvgIpc) is 3.00. The predicted octanol–water partition coefficient (Wildman–Crippen LogP) is 1.78. The van der Waals surface area contributed by atoms with Crippen LogP contribution in [0.5, 0.6) is 0 Å². The van der Waals surface area contributed by atoms with Crippen LogP contribution < -0.4 is 5.32 Å². The lowest BCUT2D eigenvalue weighted by molar-refractivity contribution is -0.133. The van der Waals surface area contributed by atoms with E-state index in [2.05, 4.69) is 5.32 Å². The number of nitrogens with zero attached hydrogens (tertiary/aromatic N) is 1. The van der Waals surface area contributed by atoms with Gasteiger partial charge in [-0.2, -0.15) is 11.3 Å². The number of hydrogen-bond donors (Lipinski definition) is 1. The van der Waals surface area contributed by atoms with Crippen molar-refractivity contribution in [2.45, 2.75) is 38.4 Å². The molecular formula is C14H22N2O3S2. The number of amides is 1. The maximum atomic E-state index is 12.6. The van der Waals surface area contributed by atoms with Crippen LogP contribution in [0, 0.1) is 0 Å². The van der Waals surface area contributed by atoms with Crippen molar-refractivity contribution in [2.24, 2.45) is 0 Å². The second-order valence-corrected chi connectivity index (χ2v) is 8.81. The van der Waals surface area contributed by atoms with Crippen LogP contribution in [0.3, 0.4) is 0 Å². The zero-order valence-electron chi connectivity index (χ0n) is 12.6. The molecule has 0 spiro atoms. The molecule has 1 fully saturated rings. The molecule has 1 aliphatic heterocycles. The van der Waals surface area contributed by atoms with Crippen molar-refractivity contribution in [3.8, 4) is 0 Å². The molecule has 2 unspecified atom stereocenters. The lowest BCUT2D eigenvalue weighted by Gasteiger charge is -2.23. The Labute approximate surface area is 130 Å². The van der Waals surface area contributed by atoms with E-state index in [1.54, 1.807) is 16.2 Å². The van der Waals surface area contributed by atoms with Gasteiger partial charge in [0.1, 0.15) is 16.0 Å². The van der Waals surface area contributed by atoms with E-state index in [1.807, 2.05) is 30.7 Å². The van der Waals surface area contributed by atoms with Crippen LogP contribution in [0.1, 0.15) is 38.4 Å². The lowest BCUT2D eigenvalue weighted by atomic mass is 9.99. The Balaban J connectivity index is 2.16. The van der Waals surface area contributed by atoms with Crippen molar-refractivity contribution >= 4 is 27.1 Å². The summed E-state index contributed by atoms with van der Waals surface area (Å²) >= 11 is 1.59. The third-order valence-corrected chi connectivity index (χ3v) is 5.71. The number of thiophene rings is 1. The number of carbonyl (C=O) groups is 1. The summed E-state index contributed by atoms with van der Waals surface area (Å²) in [5.41, 5.74) is 0.488. The molecule has 0 aliphatic carbocycles. The van der Waals surface area contributed by atoms with Gasteiger partial charge < -0.3 is 4.90 Å². The first-order chi connectivity index (χ1) is 9.77. The second kappa shape index (κ2) is 6.06. The molecule has 1 aliphatic rings. The Hall–Kier alpha value is -0.920. The Morgan fingerprint density at radius 1 is 1.48 bits per heavy atom.